The number of azo groups is 1. The van der Waals surface area contributed by atoms with Crippen LogP contribution >= 0.6 is 0 Å². The molecule has 4 aromatic rings. The van der Waals surface area contributed by atoms with Gasteiger partial charge in [-0.05, 0) is 43.2 Å². The average Bonchev–Trinajstić information content (AvgIpc) is 3.08. The molecule has 0 unspecified atom stereocenters. The second-order valence-electron chi connectivity index (χ2n) is 6.46. The van der Waals surface area contributed by atoms with Gasteiger partial charge in [-0.2, -0.15) is 0 Å². The van der Waals surface area contributed by atoms with Crippen molar-refractivity contribution in [2.24, 2.45) is 10.2 Å². The number of aromatic nitrogens is 2. The number of fused-ring (bicyclic) bond motifs is 1. The van der Waals surface area contributed by atoms with E-state index in [9.17, 15) is 5.11 Å². The van der Waals surface area contributed by atoms with E-state index in [2.05, 4.69) is 34.3 Å². The topological polar surface area (TPSA) is 62.2 Å². The predicted octanol–water partition coefficient (Wildman–Crippen LogP) is 5.99. The summed E-state index contributed by atoms with van der Waals surface area (Å²) in [4.78, 5) is 4.62. The third-order valence-electron chi connectivity index (χ3n) is 4.53. The monoisotopic (exact) mass is 356 g/mol. The Kier molecular flexibility index (Phi) is 4.42. The normalized spacial score (nSPS) is 11.5. The van der Waals surface area contributed by atoms with E-state index in [0.717, 1.165) is 17.7 Å². The number of pyridine rings is 1. The van der Waals surface area contributed by atoms with Crippen LogP contribution in [0.5, 0.6) is 5.75 Å². The van der Waals surface area contributed by atoms with Gasteiger partial charge in [0.1, 0.15) is 5.69 Å². The van der Waals surface area contributed by atoms with E-state index in [1.54, 1.807) is 16.5 Å². The number of rotatable bonds is 4. The van der Waals surface area contributed by atoms with Crippen molar-refractivity contribution in [1.82, 2.24) is 9.38 Å². The van der Waals surface area contributed by atoms with Crippen molar-refractivity contribution in [1.29, 1.82) is 0 Å². The smallest absolute Gasteiger partial charge is 0.187 e. The maximum absolute atomic E-state index is 10.2. The molecule has 0 saturated heterocycles. The second-order valence-corrected chi connectivity index (χ2v) is 6.46. The zero-order chi connectivity index (χ0) is 18.8. The van der Waals surface area contributed by atoms with E-state index in [4.69, 9.17) is 0 Å². The molecule has 0 spiro atoms. The second kappa shape index (κ2) is 7.03. The van der Waals surface area contributed by atoms with E-state index in [0.29, 0.717) is 17.2 Å². The molecule has 0 saturated carbocycles. The highest BCUT2D eigenvalue weighted by Gasteiger charge is 2.16. The number of aromatic hydroxyl groups is 1. The molecule has 1 N–H and O–H groups in total. The quantitative estimate of drug-likeness (QED) is 0.456. The van der Waals surface area contributed by atoms with Gasteiger partial charge in [-0.1, -0.05) is 48.9 Å². The lowest BCUT2D eigenvalue weighted by Gasteiger charge is -2.02. The first kappa shape index (κ1) is 17.0. The molecule has 27 heavy (non-hydrogen) atoms. The zero-order valence-corrected chi connectivity index (χ0v) is 15.3. The molecule has 5 heteroatoms. The van der Waals surface area contributed by atoms with Crippen LogP contribution in [0.3, 0.4) is 0 Å². The van der Waals surface area contributed by atoms with Gasteiger partial charge in [0.15, 0.2) is 17.2 Å². The van der Waals surface area contributed by atoms with Crippen LogP contribution in [0.2, 0.25) is 0 Å². The zero-order valence-electron chi connectivity index (χ0n) is 15.3. The molecule has 0 aliphatic rings. The highest BCUT2D eigenvalue weighted by Crippen LogP contribution is 2.34. The number of benzene rings is 2. The molecule has 2 heterocycles. The minimum Gasteiger partial charge on any atom is -0.504 e. The molecule has 0 amide bonds. The lowest BCUT2D eigenvalue weighted by molar-refractivity contribution is 0.477. The van der Waals surface area contributed by atoms with Crippen LogP contribution in [0.25, 0.3) is 16.9 Å². The van der Waals surface area contributed by atoms with Crippen molar-refractivity contribution in [3.8, 4) is 17.0 Å². The van der Waals surface area contributed by atoms with Crippen LogP contribution in [0.4, 0.5) is 11.5 Å². The van der Waals surface area contributed by atoms with Crippen molar-refractivity contribution < 1.29 is 5.11 Å². The Bertz CT molecular complexity index is 1110. The molecular formula is C22H20N4O. The third-order valence-corrected chi connectivity index (χ3v) is 4.53. The summed E-state index contributed by atoms with van der Waals surface area (Å²) in [5.74, 6) is 0.700. The molecule has 4 rings (SSSR count). The van der Waals surface area contributed by atoms with Gasteiger partial charge in [0.25, 0.3) is 0 Å². The van der Waals surface area contributed by atoms with E-state index in [1.807, 2.05) is 49.5 Å². The van der Waals surface area contributed by atoms with Crippen molar-refractivity contribution in [2.75, 3.05) is 0 Å². The lowest BCUT2D eigenvalue weighted by Crippen LogP contribution is -1.83. The Balaban J connectivity index is 1.85. The van der Waals surface area contributed by atoms with Gasteiger partial charge in [-0.15, -0.1) is 10.2 Å². The van der Waals surface area contributed by atoms with Gasteiger partial charge in [0.05, 0.1) is 5.69 Å². The van der Waals surface area contributed by atoms with Crippen LogP contribution in [-0.4, -0.2) is 14.5 Å². The summed E-state index contributed by atoms with van der Waals surface area (Å²) in [5, 5.41) is 19.0. The first-order valence-corrected chi connectivity index (χ1v) is 8.93. The van der Waals surface area contributed by atoms with Gasteiger partial charge < -0.3 is 5.11 Å². The highest BCUT2D eigenvalue weighted by molar-refractivity contribution is 5.76. The number of hydrogen-bond donors (Lipinski definition) is 1. The van der Waals surface area contributed by atoms with Gasteiger partial charge >= 0.3 is 0 Å². The van der Waals surface area contributed by atoms with E-state index in [1.165, 1.54) is 11.1 Å². The summed E-state index contributed by atoms with van der Waals surface area (Å²) in [7, 11) is 0. The molecule has 0 aliphatic carbocycles. The summed E-state index contributed by atoms with van der Waals surface area (Å²) in [6, 6.07) is 19.5. The first-order valence-electron chi connectivity index (χ1n) is 8.93. The summed E-state index contributed by atoms with van der Waals surface area (Å²) in [5.41, 5.74) is 5.29. The van der Waals surface area contributed by atoms with Gasteiger partial charge in [0, 0.05) is 11.8 Å². The third kappa shape index (κ3) is 3.31. The molecule has 0 fully saturated rings. The number of nitrogens with zero attached hydrogens (tertiary/aromatic N) is 4. The molecule has 2 aromatic carbocycles. The standard InChI is InChI=1S/C22H20N4O/c1-3-16-8-10-17(11-9-16)20-22(25-24-18-12-6-15(2)7-13-18)26-14-4-5-19(27)21(26)23-20/h4-14,27H,3H2,1-2H3. The maximum Gasteiger partial charge on any atom is 0.187 e. The van der Waals surface area contributed by atoms with E-state index in [-0.39, 0.29) is 5.75 Å². The highest BCUT2D eigenvalue weighted by atomic mass is 16.3. The van der Waals surface area contributed by atoms with Gasteiger partial charge in [-0.3, -0.25) is 4.40 Å². The summed E-state index contributed by atoms with van der Waals surface area (Å²) in [6.07, 6.45) is 2.81. The molecule has 5 nitrogen and oxygen atoms in total. The van der Waals surface area contributed by atoms with Crippen molar-refractivity contribution in [3.05, 3.63) is 78.0 Å². The van der Waals surface area contributed by atoms with Crippen molar-refractivity contribution >= 4 is 17.2 Å². The van der Waals surface area contributed by atoms with Crippen molar-refractivity contribution in [3.63, 3.8) is 0 Å². The largest absolute Gasteiger partial charge is 0.504 e. The van der Waals surface area contributed by atoms with Crippen LogP contribution in [0.15, 0.2) is 77.1 Å². The van der Waals surface area contributed by atoms with Gasteiger partial charge in [0.2, 0.25) is 0 Å². The summed E-state index contributed by atoms with van der Waals surface area (Å²) >= 11 is 0. The fourth-order valence-electron chi connectivity index (χ4n) is 2.94. The van der Waals surface area contributed by atoms with Gasteiger partial charge in [-0.25, -0.2) is 4.98 Å². The Morgan fingerprint density at radius 1 is 0.963 bits per heavy atom. The van der Waals surface area contributed by atoms with Crippen LogP contribution < -0.4 is 0 Å². The molecular weight excluding hydrogens is 336 g/mol. The maximum atomic E-state index is 10.2. The summed E-state index contributed by atoms with van der Waals surface area (Å²) in [6.45, 7) is 4.16. The Morgan fingerprint density at radius 2 is 1.70 bits per heavy atom. The minimum absolute atomic E-state index is 0.112. The Labute approximate surface area is 157 Å². The average molecular weight is 356 g/mol. The predicted molar refractivity (Wildman–Crippen MR) is 107 cm³/mol. The number of aryl methyl sites for hydroxylation is 2. The molecule has 0 atom stereocenters. The van der Waals surface area contributed by atoms with Crippen LogP contribution in [0.1, 0.15) is 18.1 Å². The van der Waals surface area contributed by atoms with Crippen LogP contribution in [0, 0.1) is 6.92 Å². The molecule has 2 aromatic heterocycles. The SMILES string of the molecule is CCc1ccc(-c2nc3c(O)cccn3c2N=Nc2ccc(C)cc2)cc1. The van der Waals surface area contributed by atoms with Crippen LogP contribution in [-0.2, 0) is 6.42 Å². The van der Waals surface area contributed by atoms with E-state index >= 15 is 0 Å². The fourth-order valence-corrected chi connectivity index (χ4v) is 2.94. The lowest BCUT2D eigenvalue weighted by atomic mass is 10.1. The van der Waals surface area contributed by atoms with E-state index < -0.39 is 0 Å². The molecule has 0 aliphatic heterocycles. The minimum atomic E-state index is 0.112. The Hall–Kier alpha value is -3.47. The fraction of sp³-hybridized carbons (Fsp3) is 0.136. The Morgan fingerprint density at radius 3 is 2.41 bits per heavy atom. The molecule has 0 radical (unpaired) electrons. The van der Waals surface area contributed by atoms with Crippen molar-refractivity contribution in [2.45, 2.75) is 20.3 Å². The molecule has 134 valence electrons. The molecule has 0 bridgehead atoms. The summed E-state index contributed by atoms with van der Waals surface area (Å²) < 4.78 is 1.76. The first-order chi connectivity index (χ1) is 13.2. The number of hydrogen-bond acceptors (Lipinski definition) is 4. The number of imidazole rings is 1.